The third-order valence-corrected chi connectivity index (χ3v) is 2.86. The molecule has 0 aliphatic carbocycles. The highest BCUT2D eigenvalue weighted by Crippen LogP contribution is 2.22. The second-order valence-corrected chi connectivity index (χ2v) is 5.46. The van der Waals surface area contributed by atoms with Gasteiger partial charge in [-0.2, -0.15) is 0 Å². The monoisotopic (exact) mass is 333 g/mol. The molecule has 2 N–H and O–H groups in total. The van der Waals surface area contributed by atoms with Crippen molar-refractivity contribution in [3.05, 3.63) is 29.8 Å². The topological polar surface area (TPSA) is 75.6 Å². The number of carbonyl (C=O) groups is 2. The van der Waals surface area contributed by atoms with Gasteiger partial charge in [0.2, 0.25) is 5.91 Å². The Morgan fingerprint density at radius 2 is 1.78 bits per heavy atom. The largest absolute Gasteiger partial charge is 0.573 e. The normalized spacial score (nSPS) is 12.8. The fraction of sp³-hybridized carbons (Fsp3) is 0.467. The lowest BCUT2D eigenvalue weighted by Crippen LogP contribution is -2.42. The first-order valence-corrected chi connectivity index (χ1v) is 6.93. The van der Waals surface area contributed by atoms with Crippen molar-refractivity contribution >= 4 is 11.9 Å². The van der Waals surface area contributed by atoms with Crippen LogP contribution in [0.3, 0.4) is 0 Å². The number of hydrogen-bond donors (Lipinski definition) is 2. The van der Waals surface area contributed by atoms with Crippen LogP contribution in [0.15, 0.2) is 24.3 Å². The van der Waals surface area contributed by atoms with E-state index >= 15 is 0 Å². The van der Waals surface area contributed by atoms with Gasteiger partial charge in [-0.1, -0.05) is 26.0 Å². The van der Waals surface area contributed by atoms with E-state index < -0.39 is 24.3 Å². The highest BCUT2D eigenvalue weighted by atomic mass is 19.4. The number of rotatable bonds is 7. The molecule has 0 aromatic heterocycles. The van der Waals surface area contributed by atoms with E-state index in [0.29, 0.717) is 12.0 Å². The molecule has 1 amide bonds. The SMILES string of the molecule is CC(C)C[C@H](NC(=O)Cc1ccc(OC(F)(F)F)cc1)C(=O)O. The van der Waals surface area contributed by atoms with Crippen molar-refractivity contribution in [1.29, 1.82) is 0 Å². The van der Waals surface area contributed by atoms with Crippen LogP contribution in [0.25, 0.3) is 0 Å². The Morgan fingerprint density at radius 3 is 2.22 bits per heavy atom. The Balaban J connectivity index is 2.61. The number of amides is 1. The smallest absolute Gasteiger partial charge is 0.480 e. The van der Waals surface area contributed by atoms with Gasteiger partial charge in [0.15, 0.2) is 0 Å². The second kappa shape index (κ2) is 7.85. The predicted molar refractivity (Wildman–Crippen MR) is 75.9 cm³/mol. The van der Waals surface area contributed by atoms with Gasteiger partial charge >= 0.3 is 12.3 Å². The molecule has 8 heteroatoms. The molecule has 0 heterocycles. The molecule has 23 heavy (non-hydrogen) atoms. The number of carboxylic acids is 1. The van der Waals surface area contributed by atoms with Crippen LogP contribution in [0.2, 0.25) is 0 Å². The Kier molecular flexibility index (Phi) is 6.41. The van der Waals surface area contributed by atoms with Crippen LogP contribution in [0.5, 0.6) is 5.75 Å². The van der Waals surface area contributed by atoms with E-state index in [1.54, 1.807) is 0 Å². The third-order valence-electron chi connectivity index (χ3n) is 2.86. The van der Waals surface area contributed by atoms with Crippen molar-refractivity contribution in [3.63, 3.8) is 0 Å². The molecule has 0 aliphatic heterocycles. The fourth-order valence-corrected chi connectivity index (χ4v) is 1.93. The number of benzene rings is 1. The van der Waals surface area contributed by atoms with Crippen molar-refractivity contribution in [3.8, 4) is 5.75 Å². The van der Waals surface area contributed by atoms with Crippen LogP contribution in [0.4, 0.5) is 13.2 Å². The molecule has 1 atom stereocenters. The average Bonchev–Trinajstić information content (AvgIpc) is 2.38. The molecular weight excluding hydrogens is 315 g/mol. The summed E-state index contributed by atoms with van der Waals surface area (Å²) in [4.78, 5) is 22.9. The van der Waals surface area contributed by atoms with Gasteiger partial charge in [-0.25, -0.2) is 4.79 Å². The number of carbonyl (C=O) groups excluding carboxylic acids is 1. The van der Waals surface area contributed by atoms with Gasteiger partial charge in [0.1, 0.15) is 11.8 Å². The van der Waals surface area contributed by atoms with E-state index in [9.17, 15) is 22.8 Å². The molecule has 1 aromatic rings. The van der Waals surface area contributed by atoms with Gasteiger partial charge in [-0.3, -0.25) is 4.79 Å². The first kappa shape index (κ1) is 18.8. The number of nitrogens with one attached hydrogen (secondary N) is 1. The van der Waals surface area contributed by atoms with Gasteiger partial charge in [-0.15, -0.1) is 13.2 Å². The van der Waals surface area contributed by atoms with Gasteiger partial charge in [-0.05, 0) is 30.0 Å². The summed E-state index contributed by atoms with van der Waals surface area (Å²) in [5.41, 5.74) is 0.450. The molecule has 0 aliphatic rings. The standard InChI is InChI=1S/C15H18F3NO4/c1-9(2)7-12(14(21)22)19-13(20)8-10-3-5-11(6-4-10)23-15(16,17)18/h3-6,9,12H,7-8H2,1-2H3,(H,19,20)(H,21,22)/t12-/m0/s1. The first-order valence-electron chi connectivity index (χ1n) is 6.93. The van der Waals surface area contributed by atoms with E-state index in [-0.39, 0.29) is 18.1 Å². The second-order valence-electron chi connectivity index (χ2n) is 5.46. The van der Waals surface area contributed by atoms with E-state index in [1.807, 2.05) is 13.8 Å². The molecular formula is C15H18F3NO4. The average molecular weight is 333 g/mol. The number of carboxylic acid groups (broad SMARTS) is 1. The van der Waals surface area contributed by atoms with Crippen LogP contribution < -0.4 is 10.1 Å². The molecule has 0 saturated heterocycles. The van der Waals surface area contributed by atoms with Crippen LogP contribution in [0, 0.1) is 5.92 Å². The van der Waals surface area contributed by atoms with Crippen molar-refractivity contribution in [2.75, 3.05) is 0 Å². The van der Waals surface area contributed by atoms with Crippen molar-refractivity contribution in [2.45, 2.75) is 39.1 Å². The minimum Gasteiger partial charge on any atom is -0.480 e. The Labute approximate surface area is 131 Å². The quantitative estimate of drug-likeness (QED) is 0.804. The summed E-state index contributed by atoms with van der Waals surface area (Å²) in [7, 11) is 0. The Bertz CT molecular complexity index is 541. The number of ether oxygens (including phenoxy) is 1. The molecule has 0 unspecified atom stereocenters. The van der Waals surface area contributed by atoms with Crippen molar-refractivity contribution in [1.82, 2.24) is 5.32 Å². The van der Waals surface area contributed by atoms with E-state index in [2.05, 4.69) is 10.1 Å². The summed E-state index contributed by atoms with van der Waals surface area (Å²) in [6, 6.07) is 3.84. The minimum atomic E-state index is -4.77. The van der Waals surface area contributed by atoms with Gasteiger partial charge < -0.3 is 15.2 Å². The van der Waals surface area contributed by atoms with E-state index in [1.165, 1.54) is 12.1 Å². The zero-order valence-corrected chi connectivity index (χ0v) is 12.7. The molecule has 0 fully saturated rings. The zero-order valence-electron chi connectivity index (χ0n) is 12.7. The Hall–Kier alpha value is -2.25. The lowest BCUT2D eigenvalue weighted by Gasteiger charge is -2.16. The molecule has 128 valence electrons. The van der Waals surface area contributed by atoms with Crippen LogP contribution >= 0.6 is 0 Å². The molecule has 1 aromatic carbocycles. The third kappa shape index (κ3) is 7.53. The number of hydrogen-bond acceptors (Lipinski definition) is 3. The van der Waals surface area contributed by atoms with Gasteiger partial charge in [0.05, 0.1) is 6.42 Å². The first-order chi connectivity index (χ1) is 10.6. The number of halogens is 3. The van der Waals surface area contributed by atoms with Gasteiger partial charge in [0, 0.05) is 0 Å². The summed E-state index contributed by atoms with van der Waals surface area (Å²) < 4.78 is 39.8. The molecule has 0 saturated carbocycles. The highest BCUT2D eigenvalue weighted by Gasteiger charge is 2.31. The van der Waals surface area contributed by atoms with Crippen LogP contribution in [-0.2, 0) is 16.0 Å². The van der Waals surface area contributed by atoms with Crippen LogP contribution in [-0.4, -0.2) is 29.4 Å². The molecule has 0 spiro atoms. The maximum Gasteiger partial charge on any atom is 0.573 e. The minimum absolute atomic E-state index is 0.0928. The zero-order chi connectivity index (χ0) is 17.6. The summed E-state index contributed by atoms with van der Waals surface area (Å²) in [5.74, 6) is -1.93. The summed E-state index contributed by atoms with van der Waals surface area (Å²) in [5, 5.41) is 11.4. The van der Waals surface area contributed by atoms with Crippen molar-refractivity contribution < 1.29 is 32.6 Å². The molecule has 1 rings (SSSR count). The molecule has 0 radical (unpaired) electrons. The predicted octanol–water partition coefficient (Wildman–Crippen LogP) is 2.74. The van der Waals surface area contributed by atoms with Crippen LogP contribution in [0.1, 0.15) is 25.8 Å². The maximum atomic E-state index is 12.0. The molecule has 0 bridgehead atoms. The number of aliphatic carboxylic acids is 1. The lowest BCUT2D eigenvalue weighted by atomic mass is 10.0. The van der Waals surface area contributed by atoms with E-state index in [4.69, 9.17) is 5.11 Å². The van der Waals surface area contributed by atoms with E-state index in [0.717, 1.165) is 12.1 Å². The highest BCUT2D eigenvalue weighted by molar-refractivity contribution is 5.84. The molecule has 5 nitrogen and oxygen atoms in total. The summed E-state index contributed by atoms with van der Waals surface area (Å²) in [6.07, 6.45) is -4.61. The fourth-order valence-electron chi connectivity index (χ4n) is 1.93. The number of alkyl halides is 3. The van der Waals surface area contributed by atoms with Gasteiger partial charge in [0.25, 0.3) is 0 Å². The van der Waals surface area contributed by atoms with Crippen molar-refractivity contribution in [2.24, 2.45) is 5.92 Å². The lowest BCUT2D eigenvalue weighted by molar-refractivity contribution is -0.274. The maximum absolute atomic E-state index is 12.0. The Morgan fingerprint density at radius 1 is 1.22 bits per heavy atom. The summed E-state index contributed by atoms with van der Waals surface area (Å²) >= 11 is 0. The summed E-state index contributed by atoms with van der Waals surface area (Å²) in [6.45, 7) is 3.67.